The standard InChI is InChI=1S/C17H15F2NOS/c1-11-2-4-12(5-3-11)16(21)20-8-9-22-17(20)14-7-6-13(18)10-15(14)19/h2-7,10,17H,8-9H2,1H3/t17-/m0/s1. The average Bonchev–Trinajstić information content (AvgIpc) is 2.96. The van der Waals surface area contributed by atoms with E-state index in [2.05, 4.69) is 0 Å². The number of amides is 1. The number of rotatable bonds is 2. The Hall–Kier alpha value is -1.88. The molecule has 1 aliphatic rings. The molecule has 22 heavy (non-hydrogen) atoms. The second-order valence-electron chi connectivity index (χ2n) is 5.25. The van der Waals surface area contributed by atoms with Crippen molar-refractivity contribution in [3.63, 3.8) is 0 Å². The lowest BCUT2D eigenvalue weighted by atomic mass is 10.1. The van der Waals surface area contributed by atoms with Gasteiger partial charge in [0.25, 0.3) is 5.91 Å². The number of carbonyl (C=O) groups excluding carboxylic acids is 1. The topological polar surface area (TPSA) is 20.3 Å². The number of nitrogens with zero attached hydrogens (tertiary/aromatic N) is 1. The van der Waals surface area contributed by atoms with Gasteiger partial charge in [0.05, 0.1) is 0 Å². The fourth-order valence-electron chi connectivity index (χ4n) is 2.50. The van der Waals surface area contributed by atoms with Crippen molar-refractivity contribution in [2.24, 2.45) is 0 Å². The maximum absolute atomic E-state index is 14.0. The van der Waals surface area contributed by atoms with Crippen molar-refractivity contribution in [3.8, 4) is 0 Å². The minimum absolute atomic E-state index is 0.126. The minimum Gasteiger partial charge on any atom is -0.322 e. The van der Waals surface area contributed by atoms with Crippen LogP contribution in [0.2, 0.25) is 0 Å². The second kappa shape index (κ2) is 6.08. The molecule has 0 unspecified atom stereocenters. The zero-order valence-electron chi connectivity index (χ0n) is 12.1. The van der Waals surface area contributed by atoms with E-state index >= 15 is 0 Å². The highest BCUT2D eigenvalue weighted by Gasteiger charge is 2.32. The van der Waals surface area contributed by atoms with Crippen molar-refractivity contribution >= 4 is 17.7 Å². The van der Waals surface area contributed by atoms with E-state index < -0.39 is 17.0 Å². The van der Waals surface area contributed by atoms with Gasteiger partial charge in [0.15, 0.2) is 0 Å². The van der Waals surface area contributed by atoms with Crippen LogP contribution in [0, 0.1) is 18.6 Å². The number of benzene rings is 2. The molecule has 3 rings (SSSR count). The summed E-state index contributed by atoms with van der Waals surface area (Å²) in [4.78, 5) is 14.3. The maximum Gasteiger partial charge on any atom is 0.255 e. The molecule has 1 fully saturated rings. The molecule has 1 saturated heterocycles. The van der Waals surface area contributed by atoms with E-state index in [1.807, 2.05) is 19.1 Å². The smallest absolute Gasteiger partial charge is 0.255 e. The van der Waals surface area contributed by atoms with Crippen molar-refractivity contribution in [3.05, 3.63) is 70.8 Å². The highest BCUT2D eigenvalue weighted by Crippen LogP contribution is 2.39. The van der Waals surface area contributed by atoms with Gasteiger partial charge in [-0.25, -0.2) is 8.78 Å². The van der Waals surface area contributed by atoms with Gasteiger partial charge >= 0.3 is 0 Å². The van der Waals surface area contributed by atoms with Gasteiger partial charge < -0.3 is 4.90 Å². The van der Waals surface area contributed by atoms with Crippen LogP contribution in [0.5, 0.6) is 0 Å². The van der Waals surface area contributed by atoms with Gasteiger partial charge in [-0.1, -0.05) is 23.8 Å². The first kappa shape index (κ1) is 15.0. The fourth-order valence-corrected chi connectivity index (χ4v) is 3.78. The van der Waals surface area contributed by atoms with Crippen LogP contribution >= 0.6 is 11.8 Å². The molecule has 0 spiro atoms. The molecule has 0 aliphatic carbocycles. The van der Waals surface area contributed by atoms with E-state index in [4.69, 9.17) is 0 Å². The van der Waals surface area contributed by atoms with Crippen molar-refractivity contribution in [1.29, 1.82) is 0 Å². The Labute approximate surface area is 132 Å². The van der Waals surface area contributed by atoms with Crippen LogP contribution in [-0.4, -0.2) is 23.1 Å². The third-order valence-corrected chi connectivity index (χ3v) is 4.92. The number of halogens is 2. The molecular formula is C17H15F2NOS. The molecule has 1 amide bonds. The summed E-state index contributed by atoms with van der Waals surface area (Å²) in [5.41, 5.74) is 2.01. The molecule has 0 radical (unpaired) electrons. The lowest BCUT2D eigenvalue weighted by molar-refractivity contribution is 0.0759. The van der Waals surface area contributed by atoms with Crippen molar-refractivity contribution in [1.82, 2.24) is 4.90 Å². The first-order chi connectivity index (χ1) is 10.6. The molecule has 114 valence electrons. The average molecular weight is 319 g/mol. The Bertz CT molecular complexity index is 702. The summed E-state index contributed by atoms with van der Waals surface area (Å²) in [5.74, 6) is -0.612. The van der Waals surface area contributed by atoms with Crippen LogP contribution < -0.4 is 0 Å². The summed E-state index contributed by atoms with van der Waals surface area (Å²) < 4.78 is 27.1. The van der Waals surface area contributed by atoms with Crippen molar-refractivity contribution in [2.45, 2.75) is 12.3 Å². The third kappa shape index (κ3) is 2.86. The molecule has 1 aliphatic heterocycles. The zero-order chi connectivity index (χ0) is 15.7. The molecule has 0 bridgehead atoms. The Morgan fingerprint density at radius 1 is 1.18 bits per heavy atom. The van der Waals surface area contributed by atoms with Crippen LogP contribution in [0.3, 0.4) is 0 Å². The lowest BCUT2D eigenvalue weighted by Crippen LogP contribution is -2.30. The third-order valence-electron chi connectivity index (χ3n) is 3.68. The predicted molar refractivity (Wildman–Crippen MR) is 83.8 cm³/mol. The van der Waals surface area contributed by atoms with Crippen molar-refractivity contribution < 1.29 is 13.6 Å². The van der Waals surface area contributed by atoms with Crippen LogP contribution in [0.25, 0.3) is 0 Å². The van der Waals surface area contributed by atoms with E-state index in [1.54, 1.807) is 17.0 Å². The summed E-state index contributed by atoms with van der Waals surface area (Å²) >= 11 is 1.49. The Morgan fingerprint density at radius 3 is 2.59 bits per heavy atom. The molecular weight excluding hydrogens is 304 g/mol. The Kier molecular flexibility index (Phi) is 4.16. The van der Waals surface area contributed by atoms with E-state index in [1.165, 1.54) is 23.9 Å². The quantitative estimate of drug-likeness (QED) is 0.828. The van der Waals surface area contributed by atoms with Crippen LogP contribution in [0.15, 0.2) is 42.5 Å². The fraction of sp³-hybridized carbons (Fsp3) is 0.235. The maximum atomic E-state index is 14.0. The van der Waals surface area contributed by atoms with Crippen molar-refractivity contribution in [2.75, 3.05) is 12.3 Å². The van der Waals surface area contributed by atoms with Crippen LogP contribution in [0.4, 0.5) is 8.78 Å². The van der Waals surface area contributed by atoms with Gasteiger partial charge in [-0.15, -0.1) is 11.8 Å². The number of thioether (sulfide) groups is 1. The molecule has 2 nitrogen and oxygen atoms in total. The van der Waals surface area contributed by atoms with Gasteiger partial charge in [0.2, 0.25) is 0 Å². The summed E-state index contributed by atoms with van der Waals surface area (Å²) in [6, 6.07) is 10.8. The van der Waals surface area contributed by atoms with Gasteiger partial charge in [-0.3, -0.25) is 4.79 Å². The van der Waals surface area contributed by atoms with E-state index in [-0.39, 0.29) is 5.91 Å². The van der Waals surface area contributed by atoms with Gasteiger partial charge in [0.1, 0.15) is 17.0 Å². The van der Waals surface area contributed by atoms with Crippen LogP contribution in [-0.2, 0) is 0 Å². The Balaban J connectivity index is 1.89. The second-order valence-corrected chi connectivity index (χ2v) is 6.44. The van der Waals surface area contributed by atoms with E-state index in [0.29, 0.717) is 17.7 Å². The summed E-state index contributed by atoms with van der Waals surface area (Å²) in [6.07, 6.45) is 0. The number of hydrogen-bond acceptors (Lipinski definition) is 2. The van der Waals surface area contributed by atoms with E-state index in [9.17, 15) is 13.6 Å². The number of aryl methyl sites for hydroxylation is 1. The molecule has 0 saturated carbocycles. The monoisotopic (exact) mass is 319 g/mol. The Morgan fingerprint density at radius 2 is 1.91 bits per heavy atom. The number of carbonyl (C=O) groups is 1. The summed E-state index contributed by atoms with van der Waals surface area (Å²) in [5, 5.41) is -0.408. The lowest BCUT2D eigenvalue weighted by Gasteiger charge is -2.24. The first-order valence-corrected chi connectivity index (χ1v) is 8.05. The molecule has 1 atom stereocenters. The predicted octanol–water partition coefficient (Wildman–Crippen LogP) is 4.16. The molecule has 1 heterocycles. The van der Waals surface area contributed by atoms with E-state index in [0.717, 1.165) is 17.4 Å². The highest BCUT2D eigenvalue weighted by atomic mass is 32.2. The number of hydrogen-bond donors (Lipinski definition) is 0. The van der Waals surface area contributed by atoms with Crippen LogP contribution in [0.1, 0.15) is 26.9 Å². The largest absolute Gasteiger partial charge is 0.322 e. The minimum atomic E-state index is -0.611. The molecule has 0 N–H and O–H groups in total. The normalized spacial score (nSPS) is 17.8. The zero-order valence-corrected chi connectivity index (χ0v) is 12.9. The molecule has 2 aromatic carbocycles. The SMILES string of the molecule is Cc1ccc(C(=O)N2CCS[C@H]2c2ccc(F)cc2F)cc1. The molecule has 0 aromatic heterocycles. The van der Waals surface area contributed by atoms with Gasteiger partial charge in [-0.2, -0.15) is 0 Å². The summed E-state index contributed by atoms with van der Waals surface area (Å²) in [6.45, 7) is 2.51. The molecule has 5 heteroatoms. The van der Waals surface area contributed by atoms with Gasteiger partial charge in [0, 0.05) is 29.5 Å². The summed E-state index contributed by atoms with van der Waals surface area (Å²) in [7, 11) is 0. The highest BCUT2D eigenvalue weighted by molar-refractivity contribution is 7.99. The molecule has 2 aromatic rings. The first-order valence-electron chi connectivity index (χ1n) is 7.00. The van der Waals surface area contributed by atoms with Gasteiger partial charge in [-0.05, 0) is 25.1 Å².